The second-order valence-corrected chi connectivity index (χ2v) is 8.37. The molecule has 7 nitrogen and oxygen atoms in total. The number of hydrogen-bond acceptors (Lipinski definition) is 5. The van der Waals surface area contributed by atoms with E-state index >= 15 is 0 Å². The zero-order valence-corrected chi connectivity index (χ0v) is 18.8. The topological polar surface area (TPSA) is 81.8 Å². The first kappa shape index (κ1) is 24.2. The number of carbonyl (C=O) groups is 3. The molecule has 1 aromatic carbocycles. The van der Waals surface area contributed by atoms with Crippen LogP contribution in [0.1, 0.15) is 16.8 Å². The molecular formula is C21H29ClN4O3S. The lowest BCUT2D eigenvalue weighted by molar-refractivity contribution is -0.135. The maximum Gasteiger partial charge on any atom is 0.253 e. The van der Waals surface area contributed by atoms with E-state index in [-0.39, 0.29) is 17.7 Å². The van der Waals surface area contributed by atoms with Gasteiger partial charge in [0.15, 0.2) is 0 Å². The van der Waals surface area contributed by atoms with Crippen molar-refractivity contribution in [2.75, 3.05) is 51.3 Å². The van der Waals surface area contributed by atoms with E-state index in [4.69, 9.17) is 11.6 Å². The van der Waals surface area contributed by atoms with Gasteiger partial charge in [0.05, 0.1) is 17.1 Å². The summed E-state index contributed by atoms with van der Waals surface area (Å²) in [6.45, 7) is 6.59. The number of amides is 3. The van der Waals surface area contributed by atoms with E-state index in [1.807, 2.05) is 11.2 Å². The summed E-state index contributed by atoms with van der Waals surface area (Å²) in [4.78, 5) is 41.4. The van der Waals surface area contributed by atoms with Crippen LogP contribution in [0, 0.1) is 0 Å². The highest BCUT2D eigenvalue weighted by Crippen LogP contribution is 2.16. The highest BCUT2D eigenvalue weighted by atomic mass is 35.5. The molecule has 1 aliphatic heterocycles. The normalized spacial score (nSPS) is 15.3. The molecule has 1 unspecified atom stereocenters. The molecule has 0 aliphatic carbocycles. The summed E-state index contributed by atoms with van der Waals surface area (Å²) in [5.74, 6) is 0.250. The van der Waals surface area contributed by atoms with Crippen LogP contribution < -0.4 is 10.6 Å². The third kappa shape index (κ3) is 7.34. The number of piperazine rings is 1. The molecule has 1 atom stereocenters. The van der Waals surface area contributed by atoms with Gasteiger partial charge in [0.25, 0.3) is 5.91 Å². The minimum atomic E-state index is -0.608. The van der Waals surface area contributed by atoms with Crippen LogP contribution in [0.3, 0.4) is 0 Å². The second-order valence-electron chi connectivity index (χ2n) is 6.98. The Morgan fingerprint density at radius 1 is 1.23 bits per heavy atom. The van der Waals surface area contributed by atoms with Crippen molar-refractivity contribution in [3.05, 3.63) is 47.5 Å². The molecular weight excluding hydrogens is 424 g/mol. The van der Waals surface area contributed by atoms with Crippen LogP contribution in [0.4, 0.5) is 0 Å². The van der Waals surface area contributed by atoms with Gasteiger partial charge in [-0.2, -0.15) is 11.8 Å². The SMILES string of the molecule is C=CCNC(=O)CN1CCN(C(=O)C(CCSC)NC(=O)c2ccccc2Cl)CC1. The molecule has 2 N–H and O–H groups in total. The van der Waals surface area contributed by atoms with E-state index in [1.54, 1.807) is 47.0 Å². The predicted molar refractivity (Wildman–Crippen MR) is 122 cm³/mol. The van der Waals surface area contributed by atoms with Gasteiger partial charge in [-0.1, -0.05) is 29.8 Å². The van der Waals surface area contributed by atoms with Gasteiger partial charge in [0, 0.05) is 32.7 Å². The Hall–Kier alpha value is -2.03. The molecule has 1 heterocycles. The average molecular weight is 453 g/mol. The number of nitrogens with one attached hydrogen (secondary N) is 2. The highest BCUT2D eigenvalue weighted by molar-refractivity contribution is 7.98. The quantitative estimate of drug-likeness (QED) is 0.527. The van der Waals surface area contributed by atoms with E-state index in [1.165, 1.54) is 0 Å². The number of carbonyl (C=O) groups excluding carboxylic acids is 3. The lowest BCUT2D eigenvalue weighted by atomic mass is 10.1. The number of halogens is 1. The summed E-state index contributed by atoms with van der Waals surface area (Å²) in [6, 6.07) is 6.18. The molecule has 30 heavy (non-hydrogen) atoms. The second kappa shape index (κ2) is 12.6. The van der Waals surface area contributed by atoms with Crippen molar-refractivity contribution < 1.29 is 14.4 Å². The van der Waals surface area contributed by atoms with Crippen LogP contribution in [0.2, 0.25) is 5.02 Å². The molecule has 2 rings (SSSR count). The van der Waals surface area contributed by atoms with Gasteiger partial charge in [0.1, 0.15) is 6.04 Å². The first-order valence-electron chi connectivity index (χ1n) is 9.89. The number of nitrogens with zero attached hydrogens (tertiary/aromatic N) is 2. The number of rotatable bonds is 10. The van der Waals surface area contributed by atoms with Crippen molar-refractivity contribution in [1.82, 2.24) is 20.4 Å². The van der Waals surface area contributed by atoms with Crippen LogP contribution in [0.5, 0.6) is 0 Å². The first-order valence-corrected chi connectivity index (χ1v) is 11.7. The fourth-order valence-corrected chi connectivity index (χ4v) is 3.86. The van der Waals surface area contributed by atoms with Gasteiger partial charge in [0.2, 0.25) is 11.8 Å². The highest BCUT2D eigenvalue weighted by Gasteiger charge is 2.29. The Bertz CT molecular complexity index is 754. The van der Waals surface area contributed by atoms with Crippen LogP contribution >= 0.6 is 23.4 Å². The zero-order valence-electron chi connectivity index (χ0n) is 17.2. The monoisotopic (exact) mass is 452 g/mol. The van der Waals surface area contributed by atoms with Gasteiger partial charge in [-0.05, 0) is 30.6 Å². The van der Waals surface area contributed by atoms with E-state index in [2.05, 4.69) is 17.2 Å². The molecule has 0 spiro atoms. The molecule has 0 bridgehead atoms. The lowest BCUT2D eigenvalue weighted by Gasteiger charge is -2.36. The third-order valence-corrected chi connectivity index (χ3v) is 5.80. The smallest absolute Gasteiger partial charge is 0.253 e. The van der Waals surface area contributed by atoms with Gasteiger partial charge >= 0.3 is 0 Å². The fraction of sp³-hybridized carbons (Fsp3) is 0.476. The van der Waals surface area contributed by atoms with Crippen LogP contribution in [0.15, 0.2) is 36.9 Å². The third-order valence-electron chi connectivity index (χ3n) is 4.83. The Kier molecular flexibility index (Phi) is 10.2. The molecule has 0 aromatic heterocycles. The summed E-state index contributed by atoms with van der Waals surface area (Å²) < 4.78 is 0. The lowest BCUT2D eigenvalue weighted by Crippen LogP contribution is -2.56. The summed E-state index contributed by atoms with van der Waals surface area (Å²) in [5.41, 5.74) is 0.358. The zero-order chi connectivity index (χ0) is 21.9. The summed E-state index contributed by atoms with van der Waals surface area (Å²) in [5, 5.41) is 5.97. The Balaban J connectivity index is 1.93. The van der Waals surface area contributed by atoms with Gasteiger partial charge < -0.3 is 15.5 Å². The maximum absolute atomic E-state index is 13.1. The molecule has 164 valence electrons. The largest absolute Gasteiger partial charge is 0.352 e. The molecule has 3 amide bonds. The van der Waals surface area contributed by atoms with Crippen molar-refractivity contribution in [1.29, 1.82) is 0 Å². The van der Waals surface area contributed by atoms with Crippen molar-refractivity contribution >= 4 is 41.1 Å². The van der Waals surface area contributed by atoms with Gasteiger partial charge in [-0.25, -0.2) is 0 Å². The number of benzene rings is 1. The van der Waals surface area contributed by atoms with Crippen LogP contribution in [0.25, 0.3) is 0 Å². The van der Waals surface area contributed by atoms with E-state index in [9.17, 15) is 14.4 Å². The van der Waals surface area contributed by atoms with Crippen LogP contribution in [-0.4, -0.2) is 84.8 Å². The van der Waals surface area contributed by atoms with Crippen molar-refractivity contribution in [3.8, 4) is 0 Å². The number of hydrogen-bond donors (Lipinski definition) is 2. The van der Waals surface area contributed by atoms with Gasteiger partial charge in [-0.3, -0.25) is 19.3 Å². The minimum absolute atomic E-state index is 0.0560. The Morgan fingerprint density at radius 3 is 2.57 bits per heavy atom. The molecule has 9 heteroatoms. The molecule has 0 saturated carbocycles. The van der Waals surface area contributed by atoms with Crippen molar-refractivity contribution in [2.24, 2.45) is 0 Å². The summed E-state index contributed by atoms with van der Waals surface area (Å²) >= 11 is 7.75. The standard InChI is InChI=1S/C21H29ClN4O3S/c1-3-9-23-19(27)15-25-10-12-26(13-11-25)21(29)18(8-14-30-2)24-20(28)16-6-4-5-7-17(16)22/h3-7,18H,1,8-15H2,2H3,(H,23,27)(H,24,28). The van der Waals surface area contributed by atoms with Gasteiger partial charge in [-0.15, -0.1) is 6.58 Å². The summed E-state index contributed by atoms with van der Waals surface area (Å²) in [7, 11) is 0. The van der Waals surface area contributed by atoms with Crippen LogP contribution in [-0.2, 0) is 9.59 Å². The van der Waals surface area contributed by atoms with E-state index in [0.717, 1.165) is 5.75 Å². The molecule has 1 saturated heterocycles. The molecule has 0 radical (unpaired) electrons. The molecule has 1 aromatic rings. The van der Waals surface area contributed by atoms with Crippen molar-refractivity contribution in [2.45, 2.75) is 12.5 Å². The predicted octanol–water partition coefficient (Wildman–Crippen LogP) is 1.64. The fourth-order valence-electron chi connectivity index (χ4n) is 3.17. The maximum atomic E-state index is 13.1. The minimum Gasteiger partial charge on any atom is -0.352 e. The molecule has 1 aliphatic rings. The van der Waals surface area contributed by atoms with E-state index < -0.39 is 6.04 Å². The Morgan fingerprint density at radius 2 is 1.93 bits per heavy atom. The first-order chi connectivity index (χ1) is 14.5. The molecule has 1 fully saturated rings. The average Bonchev–Trinajstić information content (AvgIpc) is 2.75. The van der Waals surface area contributed by atoms with Crippen molar-refractivity contribution in [3.63, 3.8) is 0 Å². The Labute approximate surface area is 187 Å². The number of thioether (sulfide) groups is 1. The van der Waals surface area contributed by atoms with E-state index in [0.29, 0.717) is 56.3 Å². The summed E-state index contributed by atoms with van der Waals surface area (Å²) in [6.07, 6.45) is 4.15.